The fourth-order valence-corrected chi connectivity index (χ4v) is 2.23. The van der Waals surface area contributed by atoms with E-state index in [1.165, 1.54) is 0 Å². The largest absolute Gasteiger partial charge is 0.322 e. The molecule has 0 bridgehead atoms. The highest BCUT2D eigenvalue weighted by Crippen LogP contribution is 2.20. The van der Waals surface area contributed by atoms with Crippen molar-refractivity contribution in [1.29, 1.82) is 0 Å². The minimum Gasteiger partial charge on any atom is -0.322 e. The molecule has 0 radical (unpaired) electrons. The van der Waals surface area contributed by atoms with Crippen LogP contribution >= 0.6 is 11.6 Å². The van der Waals surface area contributed by atoms with Gasteiger partial charge >= 0.3 is 0 Å². The van der Waals surface area contributed by atoms with Crippen LogP contribution in [-0.4, -0.2) is 26.1 Å². The zero-order chi connectivity index (χ0) is 15.5. The Bertz CT molecular complexity index is 830. The number of aryl methyl sites for hydroxylation is 1. The summed E-state index contributed by atoms with van der Waals surface area (Å²) in [4.78, 5) is 12.2. The average Bonchev–Trinajstić information content (AvgIpc) is 2.94. The molecular formula is C15H12ClN5O. The number of nitrogens with zero attached hydrogens (tertiary/aromatic N) is 4. The number of hydrogen-bond donors (Lipinski definition) is 1. The second-order valence-electron chi connectivity index (χ2n) is 4.67. The van der Waals surface area contributed by atoms with E-state index >= 15 is 0 Å². The molecule has 0 fully saturated rings. The van der Waals surface area contributed by atoms with E-state index in [-0.39, 0.29) is 5.91 Å². The molecule has 0 spiro atoms. The first-order valence-corrected chi connectivity index (χ1v) is 6.91. The van der Waals surface area contributed by atoms with E-state index in [9.17, 15) is 4.79 Å². The number of hydrogen-bond acceptors (Lipinski definition) is 4. The Morgan fingerprint density at radius 1 is 1.18 bits per heavy atom. The fourth-order valence-electron chi connectivity index (χ4n) is 2.04. The van der Waals surface area contributed by atoms with Gasteiger partial charge in [-0.1, -0.05) is 29.8 Å². The Morgan fingerprint density at radius 2 is 2.00 bits per heavy atom. The number of halogens is 1. The van der Waals surface area contributed by atoms with Crippen LogP contribution in [0.25, 0.3) is 11.4 Å². The summed E-state index contributed by atoms with van der Waals surface area (Å²) in [5.41, 5.74) is 1.97. The Labute approximate surface area is 131 Å². The summed E-state index contributed by atoms with van der Waals surface area (Å²) in [5.74, 6) is 0.398. The maximum atomic E-state index is 12.2. The summed E-state index contributed by atoms with van der Waals surface area (Å²) < 4.78 is 1.57. The zero-order valence-corrected chi connectivity index (χ0v) is 12.4. The fraction of sp³-hybridized carbons (Fsp3) is 0.0667. The van der Waals surface area contributed by atoms with Crippen LogP contribution in [0.2, 0.25) is 5.02 Å². The van der Waals surface area contributed by atoms with Crippen LogP contribution in [0.5, 0.6) is 0 Å². The molecule has 1 amide bonds. The third-order valence-electron chi connectivity index (χ3n) is 3.09. The maximum absolute atomic E-state index is 12.2. The summed E-state index contributed by atoms with van der Waals surface area (Å²) in [6.07, 6.45) is 0. The second-order valence-corrected chi connectivity index (χ2v) is 5.11. The molecule has 3 rings (SSSR count). The van der Waals surface area contributed by atoms with Crippen molar-refractivity contribution in [3.05, 3.63) is 59.1 Å². The predicted octanol–water partition coefficient (Wildman–Crippen LogP) is 2.78. The van der Waals surface area contributed by atoms with Crippen molar-refractivity contribution in [3.8, 4) is 11.4 Å². The average molecular weight is 314 g/mol. The predicted molar refractivity (Wildman–Crippen MR) is 83.6 cm³/mol. The van der Waals surface area contributed by atoms with Crippen LogP contribution in [0, 0.1) is 0 Å². The van der Waals surface area contributed by atoms with Crippen LogP contribution in [-0.2, 0) is 7.05 Å². The monoisotopic (exact) mass is 313 g/mol. The number of aromatic nitrogens is 4. The number of rotatable bonds is 3. The molecule has 0 atom stereocenters. The zero-order valence-electron chi connectivity index (χ0n) is 11.7. The molecule has 3 aromatic rings. The van der Waals surface area contributed by atoms with Gasteiger partial charge < -0.3 is 5.32 Å². The molecule has 7 heteroatoms. The third-order valence-corrected chi connectivity index (χ3v) is 3.32. The molecule has 2 aromatic carbocycles. The van der Waals surface area contributed by atoms with Crippen molar-refractivity contribution in [1.82, 2.24) is 20.2 Å². The number of carbonyl (C=O) groups is 1. The Hall–Kier alpha value is -2.73. The van der Waals surface area contributed by atoms with Gasteiger partial charge in [0, 0.05) is 28.9 Å². The summed E-state index contributed by atoms with van der Waals surface area (Å²) in [6.45, 7) is 0. The molecule has 1 aromatic heterocycles. The minimum atomic E-state index is -0.226. The van der Waals surface area contributed by atoms with Crippen molar-refractivity contribution in [2.75, 3.05) is 5.32 Å². The van der Waals surface area contributed by atoms with E-state index < -0.39 is 0 Å². The van der Waals surface area contributed by atoms with Gasteiger partial charge in [0.2, 0.25) is 0 Å². The maximum Gasteiger partial charge on any atom is 0.255 e. The van der Waals surface area contributed by atoms with Crippen molar-refractivity contribution in [3.63, 3.8) is 0 Å². The van der Waals surface area contributed by atoms with Crippen LogP contribution in [0.3, 0.4) is 0 Å². The lowest BCUT2D eigenvalue weighted by Crippen LogP contribution is -2.11. The molecule has 0 unspecified atom stereocenters. The Morgan fingerprint density at radius 3 is 2.73 bits per heavy atom. The molecule has 22 heavy (non-hydrogen) atoms. The van der Waals surface area contributed by atoms with E-state index in [4.69, 9.17) is 11.6 Å². The van der Waals surface area contributed by atoms with Gasteiger partial charge in [-0.2, -0.15) is 0 Å². The number of tetrazole rings is 1. The number of anilines is 1. The van der Waals surface area contributed by atoms with Crippen molar-refractivity contribution >= 4 is 23.2 Å². The van der Waals surface area contributed by atoms with Gasteiger partial charge in [-0.05, 0) is 40.8 Å². The highest BCUT2D eigenvalue weighted by atomic mass is 35.5. The standard InChI is InChI=1S/C15H12ClN5O/c1-21-14(18-19-20-21)10-4-3-7-13(9-10)17-15(22)11-5-2-6-12(16)8-11/h2-9H,1H3,(H,17,22). The van der Waals surface area contributed by atoms with Gasteiger partial charge in [-0.25, -0.2) is 4.68 Å². The first kappa shape index (κ1) is 14.2. The van der Waals surface area contributed by atoms with Gasteiger partial charge in [0.05, 0.1) is 0 Å². The second kappa shape index (κ2) is 5.95. The lowest BCUT2D eigenvalue weighted by atomic mass is 10.1. The van der Waals surface area contributed by atoms with E-state index in [1.54, 1.807) is 42.1 Å². The number of carbonyl (C=O) groups excluding carboxylic acids is 1. The molecule has 0 aliphatic carbocycles. The van der Waals surface area contributed by atoms with E-state index in [0.717, 1.165) is 5.56 Å². The number of nitrogens with one attached hydrogen (secondary N) is 1. The molecular weight excluding hydrogens is 302 g/mol. The number of benzene rings is 2. The van der Waals surface area contributed by atoms with Gasteiger partial charge in [-0.3, -0.25) is 4.79 Å². The van der Waals surface area contributed by atoms with Crippen LogP contribution in [0.15, 0.2) is 48.5 Å². The van der Waals surface area contributed by atoms with Crippen LogP contribution in [0.4, 0.5) is 5.69 Å². The molecule has 0 saturated heterocycles. The van der Waals surface area contributed by atoms with Gasteiger partial charge in [0.15, 0.2) is 5.82 Å². The normalized spacial score (nSPS) is 10.5. The molecule has 110 valence electrons. The highest BCUT2D eigenvalue weighted by Gasteiger charge is 2.09. The molecule has 0 aliphatic heterocycles. The summed E-state index contributed by atoms with van der Waals surface area (Å²) >= 11 is 5.90. The van der Waals surface area contributed by atoms with Gasteiger partial charge in [0.1, 0.15) is 0 Å². The van der Waals surface area contributed by atoms with Crippen LogP contribution < -0.4 is 5.32 Å². The Balaban J connectivity index is 1.84. The first-order valence-electron chi connectivity index (χ1n) is 6.53. The Kier molecular flexibility index (Phi) is 3.84. The molecule has 6 nitrogen and oxygen atoms in total. The lowest BCUT2D eigenvalue weighted by molar-refractivity contribution is 0.102. The number of amides is 1. The van der Waals surface area contributed by atoms with Gasteiger partial charge in [0.25, 0.3) is 5.91 Å². The van der Waals surface area contributed by atoms with Crippen molar-refractivity contribution < 1.29 is 4.79 Å². The third kappa shape index (κ3) is 2.96. The topological polar surface area (TPSA) is 72.7 Å². The summed E-state index contributed by atoms with van der Waals surface area (Å²) in [7, 11) is 1.76. The minimum absolute atomic E-state index is 0.226. The van der Waals surface area contributed by atoms with Crippen molar-refractivity contribution in [2.24, 2.45) is 7.05 Å². The SMILES string of the molecule is Cn1nnnc1-c1cccc(NC(=O)c2cccc(Cl)c2)c1. The van der Waals surface area contributed by atoms with Gasteiger partial charge in [-0.15, -0.1) is 5.10 Å². The molecule has 0 saturated carbocycles. The van der Waals surface area contributed by atoms with E-state index in [0.29, 0.717) is 22.1 Å². The molecule has 1 N–H and O–H groups in total. The quantitative estimate of drug-likeness (QED) is 0.807. The highest BCUT2D eigenvalue weighted by molar-refractivity contribution is 6.31. The molecule has 1 heterocycles. The van der Waals surface area contributed by atoms with E-state index in [1.807, 2.05) is 18.2 Å². The van der Waals surface area contributed by atoms with Crippen molar-refractivity contribution in [2.45, 2.75) is 0 Å². The van der Waals surface area contributed by atoms with Crippen LogP contribution in [0.1, 0.15) is 10.4 Å². The first-order chi connectivity index (χ1) is 10.6. The summed E-state index contributed by atoms with van der Waals surface area (Å²) in [5, 5.41) is 14.7. The lowest BCUT2D eigenvalue weighted by Gasteiger charge is -2.07. The summed E-state index contributed by atoms with van der Waals surface area (Å²) in [6, 6.07) is 14.1. The smallest absolute Gasteiger partial charge is 0.255 e. The molecule has 0 aliphatic rings. The van der Waals surface area contributed by atoms with E-state index in [2.05, 4.69) is 20.8 Å².